The van der Waals surface area contributed by atoms with Gasteiger partial charge in [0.1, 0.15) is 11.7 Å². The second-order valence-corrected chi connectivity index (χ2v) is 8.50. The number of fused-ring (bicyclic) bond motifs is 1. The van der Waals surface area contributed by atoms with E-state index in [4.69, 9.17) is 33.5 Å². The van der Waals surface area contributed by atoms with E-state index in [0.717, 1.165) is 0 Å². The Morgan fingerprint density at radius 3 is 2.35 bits per heavy atom. The summed E-state index contributed by atoms with van der Waals surface area (Å²) in [7, 11) is -4.67. The van der Waals surface area contributed by atoms with Crippen molar-refractivity contribution in [1.82, 2.24) is 15.3 Å². The average Bonchev–Trinajstić information content (AvgIpc) is 2.79. The van der Waals surface area contributed by atoms with E-state index in [-0.39, 0.29) is 36.0 Å². The van der Waals surface area contributed by atoms with Crippen LogP contribution in [0.2, 0.25) is 0 Å². The fourth-order valence-corrected chi connectivity index (χ4v) is 3.10. The van der Waals surface area contributed by atoms with Gasteiger partial charge in [0.25, 0.3) is 11.5 Å². The van der Waals surface area contributed by atoms with Gasteiger partial charge in [-0.15, -0.1) is 0 Å². The minimum Gasteiger partial charge on any atom is -0.481 e. The van der Waals surface area contributed by atoms with E-state index < -0.39 is 34.3 Å². The van der Waals surface area contributed by atoms with Crippen molar-refractivity contribution >= 4 is 51.4 Å². The van der Waals surface area contributed by atoms with Gasteiger partial charge in [-0.1, -0.05) is 0 Å². The molecular weight excluding hydrogens is 518 g/mol. The number of nitrogens with one attached hydrogen (secondary N) is 5. The Labute approximate surface area is 209 Å². The molecule has 2 atom stereocenters. The number of H-pyrrole nitrogens is 1. The number of carbonyl (C=O) groups excluding carboxylic acids is 1. The van der Waals surface area contributed by atoms with Crippen molar-refractivity contribution in [3.8, 4) is 0 Å². The third-order valence-electron chi connectivity index (χ3n) is 4.75. The molecule has 1 aromatic carbocycles. The number of aromatic amines is 1. The third-order valence-corrected chi connectivity index (χ3v) is 4.75. The van der Waals surface area contributed by atoms with Crippen molar-refractivity contribution in [3.05, 3.63) is 40.2 Å². The van der Waals surface area contributed by atoms with Gasteiger partial charge in [-0.25, -0.2) is 4.79 Å². The number of aliphatic carboxylic acids is 2. The molecule has 0 radical (unpaired) electrons. The summed E-state index contributed by atoms with van der Waals surface area (Å²) < 4.78 is 31.6. The summed E-state index contributed by atoms with van der Waals surface area (Å²) in [6.45, 7) is 0.960. The zero-order valence-corrected chi connectivity index (χ0v) is 19.8. The molecule has 202 valence electrons. The summed E-state index contributed by atoms with van der Waals surface area (Å²) in [5, 5.41) is 29.5. The van der Waals surface area contributed by atoms with Crippen LogP contribution in [0.3, 0.4) is 0 Å². The number of carboxylic acids is 2. The molecule has 37 heavy (non-hydrogen) atoms. The van der Waals surface area contributed by atoms with Crippen LogP contribution in [0.4, 0.5) is 23.1 Å². The van der Waals surface area contributed by atoms with Crippen molar-refractivity contribution in [3.63, 3.8) is 0 Å². The zero-order valence-electron chi connectivity index (χ0n) is 19.0. The highest BCUT2D eigenvalue weighted by atomic mass is 32.3. The molecule has 3 rings (SSSR count). The van der Waals surface area contributed by atoms with Crippen molar-refractivity contribution in [2.45, 2.75) is 24.9 Å². The molecule has 1 amide bonds. The molecule has 18 heteroatoms. The molecule has 0 spiro atoms. The van der Waals surface area contributed by atoms with Crippen molar-refractivity contribution in [2.24, 2.45) is 0 Å². The van der Waals surface area contributed by atoms with Crippen molar-refractivity contribution in [2.75, 3.05) is 34.8 Å². The number of amides is 1. The molecule has 2 heterocycles. The van der Waals surface area contributed by atoms with Gasteiger partial charge in [-0.05, 0) is 30.7 Å². The number of hydrogen-bond acceptors (Lipinski definition) is 11. The second kappa shape index (κ2) is 12.5. The van der Waals surface area contributed by atoms with Crippen LogP contribution in [0.15, 0.2) is 29.1 Å². The van der Waals surface area contributed by atoms with E-state index in [9.17, 15) is 19.2 Å². The Kier molecular flexibility index (Phi) is 9.75. The first-order chi connectivity index (χ1) is 17.2. The lowest BCUT2D eigenvalue weighted by Crippen LogP contribution is -2.41. The summed E-state index contributed by atoms with van der Waals surface area (Å²) in [5.41, 5.74) is 6.40. The third kappa shape index (κ3) is 9.99. The zero-order chi connectivity index (χ0) is 27.8. The molecule has 0 bridgehead atoms. The lowest BCUT2D eigenvalue weighted by Gasteiger charge is -2.27. The van der Waals surface area contributed by atoms with E-state index in [0.29, 0.717) is 30.3 Å². The molecule has 0 aliphatic carbocycles. The van der Waals surface area contributed by atoms with Crippen LogP contribution in [-0.2, 0) is 20.0 Å². The van der Waals surface area contributed by atoms with Crippen LogP contribution in [0.1, 0.15) is 23.2 Å². The molecule has 17 nitrogen and oxygen atoms in total. The molecule has 0 saturated heterocycles. The summed E-state index contributed by atoms with van der Waals surface area (Å²) in [6.07, 6.45) is -0.587. The molecule has 2 aromatic rings. The molecular formula is C19H25N7O10S. The smallest absolute Gasteiger partial charge is 0.394 e. The predicted molar refractivity (Wildman–Crippen MR) is 130 cm³/mol. The first kappa shape index (κ1) is 28.8. The maximum absolute atomic E-state index is 12.3. The quantitative estimate of drug-likeness (QED) is 0.171. The standard InChI is InChI=1S/C19H23N7O6.H2O4S/c20-19-25-15-14(17(30)26-19)23-11(8-22-15)7-21-10-3-1-9(2-4-10)16(29)24-12(18(31)32)5-6-13(27)28;1-5(2,3)4/h1-4,11-12,21,23H,5-8H2,(H,24,29)(H,27,28)(H,31,32)(H4,20,22,25,26,30);(H2,1,2,3,4)/t11-,12+;/m1./s1. The second-order valence-electron chi connectivity index (χ2n) is 7.60. The largest absolute Gasteiger partial charge is 0.481 e. The van der Waals surface area contributed by atoms with Gasteiger partial charge < -0.3 is 37.2 Å². The summed E-state index contributed by atoms with van der Waals surface area (Å²) in [4.78, 5) is 52.6. The molecule has 1 aromatic heterocycles. The minimum atomic E-state index is -4.67. The van der Waals surface area contributed by atoms with Crippen LogP contribution in [-0.4, -0.2) is 80.7 Å². The highest BCUT2D eigenvalue weighted by Crippen LogP contribution is 2.20. The number of nitrogen functional groups attached to an aromatic ring is 1. The van der Waals surface area contributed by atoms with Gasteiger partial charge in [0.15, 0.2) is 5.82 Å². The number of carbonyl (C=O) groups is 3. The van der Waals surface area contributed by atoms with Gasteiger partial charge in [-0.3, -0.25) is 28.5 Å². The molecule has 11 N–H and O–H groups in total. The lowest BCUT2D eigenvalue weighted by molar-refractivity contribution is -0.140. The summed E-state index contributed by atoms with van der Waals surface area (Å²) >= 11 is 0. The number of hydrogen-bond donors (Lipinski definition) is 10. The number of rotatable bonds is 9. The summed E-state index contributed by atoms with van der Waals surface area (Å²) in [6, 6.07) is 4.93. The number of aromatic nitrogens is 2. The first-order valence-corrected chi connectivity index (χ1v) is 11.8. The van der Waals surface area contributed by atoms with E-state index in [1.54, 1.807) is 12.1 Å². The van der Waals surface area contributed by atoms with Gasteiger partial charge in [-0.2, -0.15) is 13.4 Å². The van der Waals surface area contributed by atoms with Gasteiger partial charge in [0, 0.05) is 30.8 Å². The Hall–Kier alpha value is -4.42. The number of anilines is 4. The molecule has 1 aliphatic rings. The van der Waals surface area contributed by atoms with Crippen molar-refractivity contribution < 1.29 is 42.1 Å². The van der Waals surface area contributed by atoms with Crippen molar-refractivity contribution in [1.29, 1.82) is 0 Å². The number of carboxylic acid groups (broad SMARTS) is 2. The Bertz CT molecular complexity index is 1290. The lowest BCUT2D eigenvalue weighted by atomic mass is 10.1. The van der Waals surface area contributed by atoms with E-state index in [1.165, 1.54) is 12.1 Å². The normalized spacial score (nSPS) is 14.9. The predicted octanol–water partition coefficient (Wildman–Crippen LogP) is -0.935. The van der Waals surface area contributed by atoms with Gasteiger partial charge in [0.2, 0.25) is 5.95 Å². The Morgan fingerprint density at radius 2 is 1.78 bits per heavy atom. The van der Waals surface area contributed by atoms with Crippen LogP contribution in [0.25, 0.3) is 0 Å². The fraction of sp³-hybridized carbons (Fsp3) is 0.316. The van der Waals surface area contributed by atoms with Crippen LogP contribution in [0.5, 0.6) is 0 Å². The Balaban J connectivity index is 0.000000877. The van der Waals surface area contributed by atoms with Crippen LogP contribution >= 0.6 is 0 Å². The first-order valence-electron chi connectivity index (χ1n) is 10.4. The highest BCUT2D eigenvalue weighted by molar-refractivity contribution is 7.79. The number of nitrogens with two attached hydrogens (primary N) is 1. The molecule has 1 aliphatic heterocycles. The van der Waals surface area contributed by atoms with E-state index >= 15 is 0 Å². The Morgan fingerprint density at radius 1 is 1.16 bits per heavy atom. The fourth-order valence-electron chi connectivity index (χ4n) is 3.10. The van der Waals surface area contributed by atoms with E-state index in [1.807, 2.05) is 0 Å². The highest BCUT2D eigenvalue weighted by Gasteiger charge is 2.23. The van der Waals surface area contributed by atoms with Gasteiger partial charge in [0.05, 0.1) is 6.04 Å². The topological polar surface area (TPSA) is 286 Å². The maximum Gasteiger partial charge on any atom is 0.394 e. The molecule has 0 unspecified atom stereocenters. The molecule has 0 fully saturated rings. The number of benzene rings is 1. The van der Waals surface area contributed by atoms with Crippen LogP contribution in [0, 0.1) is 0 Å². The summed E-state index contributed by atoms with van der Waals surface area (Å²) in [5.74, 6) is -2.64. The minimum absolute atomic E-state index is 0.0281. The van der Waals surface area contributed by atoms with Crippen LogP contribution < -0.4 is 32.6 Å². The SMILES string of the molecule is Nc1nc2c(c(=O)[nH]1)N[C@H](CNc1ccc(C(=O)N[C@@H](CCC(=O)O)C(=O)O)cc1)CN2.O=S(=O)(O)O. The maximum atomic E-state index is 12.3. The number of nitrogens with zero attached hydrogens (tertiary/aromatic N) is 1. The average molecular weight is 544 g/mol. The molecule has 0 saturated carbocycles. The van der Waals surface area contributed by atoms with Gasteiger partial charge >= 0.3 is 22.3 Å². The van der Waals surface area contributed by atoms with E-state index in [2.05, 4.69) is 31.2 Å². The monoisotopic (exact) mass is 543 g/mol.